The minimum Gasteiger partial charge on any atom is -0.459 e. The molecule has 2 rings (SSSR count). The van der Waals surface area contributed by atoms with Crippen LogP contribution >= 0.6 is 0 Å². The lowest BCUT2D eigenvalue weighted by Gasteiger charge is -2.36. The zero-order valence-corrected chi connectivity index (χ0v) is 18.5. The Kier molecular flexibility index (Phi) is 7.52. The molecule has 29 heavy (non-hydrogen) atoms. The van der Waals surface area contributed by atoms with Gasteiger partial charge in [0.25, 0.3) is 0 Å². The predicted octanol–water partition coefficient (Wildman–Crippen LogP) is 4.50. The van der Waals surface area contributed by atoms with Crippen molar-refractivity contribution in [3.05, 3.63) is 12.2 Å². The summed E-state index contributed by atoms with van der Waals surface area (Å²) in [4.78, 5) is 37.3. The molecule has 4 atom stereocenters. The van der Waals surface area contributed by atoms with Crippen LogP contribution in [0.25, 0.3) is 0 Å². The average Bonchev–Trinajstić information content (AvgIpc) is 2.93. The number of esters is 3. The fraction of sp³-hybridized carbons (Fsp3) is 0.783. The molecule has 1 aliphatic carbocycles. The van der Waals surface area contributed by atoms with E-state index in [1.54, 1.807) is 13.8 Å². The summed E-state index contributed by atoms with van der Waals surface area (Å²) in [6.45, 7) is 12.9. The van der Waals surface area contributed by atoms with Crippen molar-refractivity contribution in [1.82, 2.24) is 0 Å². The molecule has 0 aromatic carbocycles. The summed E-state index contributed by atoms with van der Waals surface area (Å²) < 4.78 is 17.0. The zero-order chi connectivity index (χ0) is 21.8. The summed E-state index contributed by atoms with van der Waals surface area (Å²) in [6.07, 6.45) is 4.59. The summed E-state index contributed by atoms with van der Waals surface area (Å²) >= 11 is 0. The Balaban J connectivity index is 2.06. The van der Waals surface area contributed by atoms with Crippen LogP contribution in [0, 0.1) is 11.3 Å². The maximum atomic E-state index is 12.8. The van der Waals surface area contributed by atoms with E-state index in [1.165, 1.54) is 0 Å². The third kappa shape index (κ3) is 5.01. The standard InChI is InChI=1S/C23H36O6/c1-7-17-19(28-21(26)22(17,6)8-2)16(5)27-18(24)14-23(12-10-9-11-13-23)29-20(25)15(3)4/h16-17,19H,3,7-14H2,1-2,4-6H3. The van der Waals surface area contributed by atoms with E-state index in [9.17, 15) is 14.4 Å². The van der Waals surface area contributed by atoms with Gasteiger partial charge < -0.3 is 14.2 Å². The number of cyclic esters (lactones) is 1. The highest BCUT2D eigenvalue weighted by Crippen LogP contribution is 2.45. The van der Waals surface area contributed by atoms with Crippen molar-refractivity contribution in [3.8, 4) is 0 Å². The van der Waals surface area contributed by atoms with Gasteiger partial charge in [-0.05, 0) is 59.3 Å². The van der Waals surface area contributed by atoms with Gasteiger partial charge >= 0.3 is 17.9 Å². The van der Waals surface area contributed by atoms with Crippen LogP contribution in [0.2, 0.25) is 0 Å². The van der Waals surface area contributed by atoms with Gasteiger partial charge in [0.05, 0.1) is 11.8 Å². The number of hydrogen-bond donors (Lipinski definition) is 0. The first-order chi connectivity index (χ1) is 13.6. The number of rotatable bonds is 8. The Morgan fingerprint density at radius 1 is 1.24 bits per heavy atom. The van der Waals surface area contributed by atoms with Gasteiger partial charge in [-0.1, -0.05) is 26.8 Å². The first kappa shape index (κ1) is 23.4. The molecule has 4 unspecified atom stereocenters. The highest BCUT2D eigenvalue weighted by atomic mass is 16.6. The monoisotopic (exact) mass is 408 g/mol. The van der Waals surface area contributed by atoms with Gasteiger partial charge in [0, 0.05) is 11.5 Å². The summed E-state index contributed by atoms with van der Waals surface area (Å²) in [6, 6.07) is 0. The molecule has 2 fully saturated rings. The van der Waals surface area contributed by atoms with Crippen molar-refractivity contribution < 1.29 is 28.6 Å². The minimum atomic E-state index is -0.834. The fourth-order valence-corrected chi connectivity index (χ4v) is 4.74. The molecule has 2 aliphatic rings. The minimum absolute atomic E-state index is 0.00677. The molecular formula is C23H36O6. The second kappa shape index (κ2) is 9.31. The van der Waals surface area contributed by atoms with Crippen LogP contribution in [0.1, 0.15) is 86.0 Å². The Morgan fingerprint density at radius 2 is 1.86 bits per heavy atom. The smallest absolute Gasteiger partial charge is 0.333 e. The SMILES string of the molecule is C=C(C)C(=O)OC1(CC(=O)OC(C)C2OC(=O)C(C)(CC)C2CC)CCCCC1. The van der Waals surface area contributed by atoms with Crippen LogP contribution in [0.5, 0.6) is 0 Å². The third-order valence-electron chi connectivity index (χ3n) is 6.77. The Labute approximate surface area is 174 Å². The molecule has 0 aromatic rings. The second-order valence-corrected chi connectivity index (χ2v) is 8.94. The van der Waals surface area contributed by atoms with Crippen LogP contribution in [-0.4, -0.2) is 35.7 Å². The Bertz CT molecular complexity index is 648. The first-order valence-corrected chi connectivity index (χ1v) is 10.9. The van der Waals surface area contributed by atoms with E-state index >= 15 is 0 Å². The first-order valence-electron chi connectivity index (χ1n) is 10.9. The van der Waals surface area contributed by atoms with E-state index in [1.807, 2.05) is 20.8 Å². The summed E-state index contributed by atoms with van der Waals surface area (Å²) in [5, 5.41) is 0. The van der Waals surface area contributed by atoms with Crippen LogP contribution in [0.15, 0.2) is 12.2 Å². The van der Waals surface area contributed by atoms with Gasteiger partial charge in [-0.25, -0.2) is 4.79 Å². The molecule has 164 valence electrons. The van der Waals surface area contributed by atoms with Crippen molar-refractivity contribution in [2.45, 2.75) is 104 Å². The van der Waals surface area contributed by atoms with Crippen molar-refractivity contribution in [3.63, 3.8) is 0 Å². The largest absolute Gasteiger partial charge is 0.459 e. The molecule has 0 spiro atoms. The van der Waals surface area contributed by atoms with Crippen molar-refractivity contribution in [2.24, 2.45) is 11.3 Å². The lowest BCUT2D eigenvalue weighted by molar-refractivity contribution is -0.174. The second-order valence-electron chi connectivity index (χ2n) is 8.94. The molecule has 0 N–H and O–H groups in total. The molecule has 1 aliphatic heterocycles. The maximum absolute atomic E-state index is 12.8. The van der Waals surface area contributed by atoms with E-state index in [0.29, 0.717) is 24.8 Å². The zero-order valence-electron chi connectivity index (χ0n) is 18.5. The predicted molar refractivity (Wildman–Crippen MR) is 109 cm³/mol. The fourth-order valence-electron chi connectivity index (χ4n) is 4.74. The summed E-state index contributed by atoms with van der Waals surface area (Å²) in [7, 11) is 0. The third-order valence-corrected chi connectivity index (χ3v) is 6.77. The molecule has 0 amide bonds. The lowest BCUT2D eigenvalue weighted by atomic mass is 9.72. The molecular weight excluding hydrogens is 372 g/mol. The van der Waals surface area contributed by atoms with Crippen LogP contribution in [0.3, 0.4) is 0 Å². The Hall–Kier alpha value is -1.85. The molecule has 1 heterocycles. The number of ether oxygens (including phenoxy) is 3. The van der Waals surface area contributed by atoms with Crippen LogP contribution < -0.4 is 0 Å². The molecule has 0 bridgehead atoms. The maximum Gasteiger partial charge on any atom is 0.333 e. The van der Waals surface area contributed by atoms with Gasteiger partial charge in [0.1, 0.15) is 17.8 Å². The number of carbonyl (C=O) groups is 3. The summed E-state index contributed by atoms with van der Waals surface area (Å²) in [5.74, 6) is -1.13. The number of carbonyl (C=O) groups excluding carboxylic acids is 3. The van der Waals surface area contributed by atoms with Crippen LogP contribution in [-0.2, 0) is 28.6 Å². The van der Waals surface area contributed by atoms with E-state index in [-0.39, 0.29) is 18.3 Å². The summed E-state index contributed by atoms with van der Waals surface area (Å²) in [5.41, 5.74) is -1.07. The molecule has 0 radical (unpaired) electrons. The topological polar surface area (TPSA) is 78.9 Å². The van der Waals surface area contributed by atoms with E-state index < -0.39 is 35.2 Å². The van der Waals surface area contributed by atoms with E-state index in [2.05, 4.69) is 6.58 Å². The van der Waals surface area contributed by atoms with Gasteiger partial charge in [-0.2, -0.15) is 0 Å². The van der Waals surface area contributed by atoms with Gasteiger partial charge in [-0.3, -0.25) is 9.59 Å². The number of hydrogen-bond acceptors (Lipinski definition) is 6. The highest BCUT2D eigenvalue weighted by molar-refractivity contribution is 5.87. The van der Waals surface area contributed by atoms with Crippen molar-refractivity contribution >= 4 is 17.9 Å². The van der Waals surface area contributed by atoms with Crippen LogP contribution in [0.4, 0.5) is 0 Å². The van der Waals surface area contributed by atoms with E-state index in [0.717, 1.165) is 25.7 Å². The van der Waals surface area contributed by atoms with Gasteiger partial charge in [0.2, 0.25) is 0 Å². The average molecular weight is 409 g/mol. The van der Waals surface area contributed by atoms with Gasteiger partial charge in [-0.15, -0.1) is 0 Å². The molecule has 6 nitrogen and oxygen atoms in total. The van der Waals surface area contributed by atoms with E-state index in [4.69, 9.17) is 14.2 Å². The molecule has 1 saturated carbocycles. The molecule has 0 aromatic heterocycles. The van der Waals surface area contributed by atoms with Crippen molar-refractivity contribution in [2.75, 3.05) is 0 Å². The molecule has 1 saturated heterocycles. The van der Waals surface area contributed by atoms with Crippen molar-refractivity contribution in [1.29, 1.82) is 0 Å². The normalized spacial score (nSPS) is 29.6. The highest BCUT2D eigenvalue weighted by Gasteiger charge is 2.54. The lowest BCUT2D eigenvalue weighted by Crippen LogP contribution is -2.42. The van der Waals surface area contributed by atoms with Gasteiger partial charge in [0.15, 0.2) is 0 Å². The molecule has 6 heteroatoms. The quantitative estimate of drug-likeness (QED) is 0.334. The Morgan fingerprint density at radius 3 is 2.38 bits per heavy atom.